The van der Waals surface area contributed by atoms with E-state index < -0.39 is 9.05 Å². The smallest absolute Gasteiger partial charge is 1.00 e. The summed E-state index contributed by atoms with van der Waals surface area (Å²) < 4.78 is 0. The molecule has 0 amide bonds. The third-order valence-corrected chi connectivity index (χ3v) is 0. The van der Waals surface area contributed by atoms with Gasteiger partial charge in [0.2, 0.25) is 0 Å². The van der Waals surface area contributed by atoms with Crippen molar-refractivity contribution in [3.8, 4) is 0 Å². The molecule has 0 aliphatic carbocycles. The van der Waals surface area contributed by atoms with E-state index in [0.717, 1.165) is 0 Å². The first kappa shape index (κ1) is 22.5. The van der Waals surface area contributed by atoms with Crippen molar-refractivity contribution in [1.82, 2.24) is 0 Å². The van der Waals surface area contributed by atoms with Crippen molar-refractivity contribution in [2.75, 3.05) is 0 Å². The van der Waals surface area contributed by atoms with Crippen LogP contribution in [-0.4, -0.2) is 91.1 Å². The number of halogens is 1. The standard InChI is InChI=1S/Al.FH.H4O4Si.Sr.5H/c;;1-5(2,3)4;;;;;;/h;1H;1-4H;;;;;;/q;;;+2;;;;2*-1. The zero-order valence-electron chi connectivity index (χ0n) is 5.40. The van der Waals surface area contributed by atoms with Crippen LogP contribution < -0.4 is 0 Å². The number of hydrogen-bond donors (Lipinski definition) is 4. The molecule has 0 saturated heterocycles. The molecule has 0 unspecified atom stereocenters. The minimum Gasteiger partial charge on any atom is -1.00 e. The van der Waals surface area contributed by atoms with Gasteiger partial charge in [-0.15, -0.1) is 0 Å². The zero-order valence-corrected chi connectivity index (χ0v) is 7.88. The fraction of sp³-hybridized carbons (Fsp3) is 0. The van der Waals surface area contributed by atoms with Gasteiger partial charge in [-0.3, -0.25) is 4.70 Å². The molecule has 0 bridgehead atoms. The molecule has 0 aliphatic heterocycles. The summed E-state index contributed by atoms with van der Waals surface area (Å²) in [6.45, 7) is 0. The summed E-state index contributed by atoms with van der Waals surface area (Å²) in [7, 11) is -4.61. The fourth-order valence-electron chi connectivity index (χ4n) is 0. The van der Waals surface area contributed by atoms with Crippen molar-refractivity contribution >= 4 is 71.9 Å². The van der Waals surface area contributed by atoms with E-state index in [0.29, 0.717) is 0 Å². The molecule has 0 aliphatic rings. The Hall–Kier alpha value is 2.00. The van der Waals surface area contributed by atoms with Crippen LogP contribution in [-0.2, 0) is 0 Å². The molecular weight excluding hydrogens is 226 g/mol. The Labute approximate surface area is 97.4 Å². The van der Waals surface area contributed by atoms with E-state index in [9.17, 15) is 0 Å². The van der Waals surface area contributed by atoms with Gasteiger partial charge in [-0.05, 0) is 0 Å². The first-order valence-electron chi connectivity index (χ1n) is 0.894. The third-order valence-electron chi connectivity index (χ3n) is 0. The van der Waals surface area contributed by atoms with E-state index in [1.54, 1.807) is 0 Å². The number of hydrogen-bond acceptors (Lipinski definition) is 4. The minimum absolute atomic E-state index is 0. The summed E-state index contributed by atoms with van der Waals surface area (Å²) >= 11 is 0. The Morgan fingerprint density at radius 3 is 1.00 bits per heavy atom. The van der Waals surface area contributed by atoms with Gasteiger partial charge in [0.05, 0.1) is 0 Å². The van der Waals surface area contributed by atoms with Crippen LogP contribution in [0.15, 0.2) is 0 Å². The molecule has 0 saturated carbocycles. The quantitative estimate of drug-likeness (QED) is 0.325. The maximum absolute atomic E-state index is 7.33. The molecule has 0 atom stereocenters. The molecule has 0 spiro atoms. The molecule has 0 fully saturated rings. The van der Waals surface area contributed by atoms with Gasteiger partial charge in [-0.25, -0.2) is 0 Å². The summed E-state index contributed by atoms with van der Waals surface area (Å²) in [5, 5.41) is 0. The molecule has 8 heavy (non-hydrogen) atoms. The van der Waals surface area contributed by atoms with Crippen molar-refractivity contribution in [1.29, 1.82) is 0 Å². The second kappa shape index (κ2) is 9.00. The van der Waals surface area contributed by atoms with Crippen LogP contribution in [0.25, 0.3) is 0 Å². The van der Waals surface area contributed by atoms with Crippen LogP contribution in [0.4, 0.5) is 4.70 Å². The van der Waals surface area contributed by atoms with Gasteiger partial charge in [-0.2, -0.15) is 0 Å². The van der Waals surface area contributed by atoms with Crippen molar-refractivity contribution in [2.45, 2.75) is 0 Å². The maximum atomic E-state index is 7.33. The Balaban J connectivity index is -0.00000000800. The Kier molecular flexibility index (Phi) is 25.3. The van der Waals surface area contributed by atoms with Crippen molar-refractivity contribution < 1.29 is 26.7 Å². The molecule has 0 heterocycles. The molecule has 50 valence electrons. The topological polar surface area (TPSA) is 80.9 Å². The average Bonchev–Trinajstić information content (AvgIpc) is 0.722. The van der Waals surface area contributed by atoms with Crippen molar-refractivity contribution in [2.24, 2.45) is 0 Å². The summed E-state index contributed by atoms with van der Waals surface area (Å²) in [6, 6.07) is 0. The van der Waals surface area contributed by atoms with Gasteiger partial charge < -0.3 is 22.0 Å². The largest absolute Gasteiger partial charge is 2.00 e. The first-order valence-corrected chi connectivity index (χ1v) is 2.68. The Bertz CT molecular complexity index is 38.7. The minimum atomic E-state index is -4.61. The van der Waals surface area contributed by atoms with E-state index in [4.69, 9.17) is 19.2 Å². The summed E-state index contributed by atoms with van der Waals surface area (Å²) in [4.78, 5) is 29.3. The van der Waals surface area contributed by atoms with E-state index in [1.165, 1.54) is 0 Å². The van der Waals surface area contributed by atoms with Gasteiger partial charge in [0.1, 0.15) is 0 Å². The van der Waals surface area contributed by atoms with Gasteiger partial charge in [-0.1, -0.05) is 0 Å². The monoisotopic (exact) mass is 236 g/mol. The normalized spacial score (nSPS) is 7.50. The van der Waals surface area contributed by atoms with Crippen LogP contribution in [0.3, 0.4) is 0 Å². The van der Waals surface area contributed by atoms with Crippen LogP contribution in [0.1, 0.15) is 2.85 Å². The summed E-state index contributed by atoms with van der Waals surface area (Å²) in [6.07, 6.45) is 0. The van der Waals surface area contributed by atoms with Gasteiger partial charge in [0.15, 0.2) is 17.4 Å². The number of rotatable bonds is 0. The van der Waals surface area contributed by atoms with E-state index in [1.807, 2.05) is 0 Å². The Morgan fingerprint density at radius 1 is 1.00 bits per heavy atom. The van der Waals surface area contributed by atoms with E-state index in [2.05, 4.69) is 0 Å². The van der Waals surface area contributed by atoms with Crippen LogP contribution in [0, 0.1) is 0 Å². The van der Waals surface area contributed by atoms with Gasteiger partial charge in [0.25, 0.3) is 0 Å². The van der Waals surface area contributed by atoms with Gasteiger partial charge in [0, 0.05) is 0 Å². The molecule has 4 N–H and O–H groups in total. The van der Waals surface area contributed by atoms with E-state index in [-0.39, 0.29) is 70.4 Å². The zero-order chi connectivity index (χ0) is 4.50. The molecule has 0 aromatic carbocycles. The van der Waals surface area contributed by atoms with Gasteiger partial charge >= 0.3 is 54.5 Å². The van der Waals surface area contributed by atoms with Crippen LogP contribution in [0.2, 0.25) is 0 Å². The van der Waals surface area contributed by atoms with Crippen molar-refractivity contribution in [3.05, 3.63) is 0 Å². The summed E-state index contributed by atoms with van der Waals surface area (Å²) in [5.74, 6) is 0. The molecule has 0 aromatic heterocycles. The Morgan fingerprint density at radius 2 is 1.00 bits per heavy atom. The SMILES string of the molecule is F.O[Si](O)(O)O.[AlH3].[H-].[H-].[Sr+2]. The van der Waals surface area contributed by atoms with Crippen LogP contribution in [0.5, 0.6) is 0 Å². The third kappa shape index (κ3) is 98.0. The summed E-state index contributed by atoms with van der Waals surface area (Å²) in [5.41, 5.74) is 0. The van der Waals surface area contributed by atoms with E-state index >= 15 is 0 Å². The van der Waals surface area contributed by atoms with Crippen LogP contribution >= 0.6 is 0 Å². The predicted molar refractivity (Wildman–Crippen MR) is 35.0 cm³/mol. The molecular formula is H10AlFO4SiSr. The second-order valence-electron chi connectivity index (χ2n) is 0.600. The van der Waals surface area contributed by atoms with Crippen molar-refractivity contribution in [3.63, 3.8) is 0 Å². The maximum Gasteiger partial charge on any atom is 2.00 e. The fourth-order valence-corrected chi connectivity index (χ4v) is 0. The molecule has 8 heteroatoms. The molecule has 0 radical (unpaired) electrons. The predicted octanol–water partition coefficient (Wildman–Crippen LogP) is -3.80. The molecule has 4 nitrogen and oxygen atoms in total. The molecule has 0 rings (SSSR count). The first-order chi connectivity index (χ1) is 2.00. The second-order valence-corrected chi connectivity index (χ2v) is 1.80. The average molecular weight is 236 g/mol. The molecule has 0 aromatic rings.